The minimum Gasteiger partial charge on any atom is -0.439 e. The summed E-state index contributed by atoms with van der Waals surface area (Å²) in [5.41, 5.74) is 0.661. The molecule has 9 heteroatoms. The van der Waals surface area contributed by atoms with Gasteiger partial charge in [0.25, 0.3) is 0 Å². The van der Waals surface area contributed by atoms with Gasteiger partial charge in [-0.2, -0.15) is 4.31 Å². The third-order valence-corrected chi connectivity index (χ3v) is 7.25. The maximum atomic E-state index is 13.3. The second kappa shape index (κ2) is 8.60. The molecule has 0 N–H and O–H groups in total. The number of rotatable bonds is 5. The van der Waals surface area contributed by atoms with Crippen molar-refractivity contribution in [2.24, 2.45) is 0 Å². The van der Waals surface area contributed by atoms with Crippen LogP contribution < -0.4 is 9.64 Å². The summed E-state index contributed by atoms with van der Waals surface area (Å²) in [6, 6.07) is 14.2. The Balaban J connectivity index is 1.49. The highest BCUT2D eigenvalue weighted by Gasteiger charge is 2.34. The Morgan fingerprint density at radius 1 is 1.06 bits per heavy atom. The van der Waals surface area contributed by atoms with Gasteiger partial charge in [-0.05, 0) is 49.7 Å². The van der Waals surface area contributed by atoms with Crippen LogP contribution in [0.15, 0.2) is 65.8 Å². The van der Waals surface area contributed by atoms with Gasteiger partial charge in [0.1, 0.15) is 23.7 Å². The van der Waals surface area contributed by atoms with Crippen molar-refractivity contribution in [3.05, 3.63) is 72.3 Å². The van der Waals surface area contributed by atoms with E-state index in [9.17, 15) is 12.8 Å². The summed E-state index contributed by atoms with van der Waals surface area (Å²) in [6.45, 7) is 4.96. The molecule has 1 atom stereocenters. The number of hydrogen-bond acceptors (Lipinski definition) is 6. The van der Waals surface area contributed by atoms with E-state index in [2.05, 4.69) is 9.97 Å². The average molecular weight is 443 g/mol. The molecule has 1 aromatic heterocycles. The van der Waals surface area contributed by atoms with Crippen LogP contribution in [-0.4, -0.2) is 48.4 Å². The zero-order valence-electron chi connectivity index (χ0n) is 17.3. The van der Waals surface area contributed by atoms with Crippen LogP contribution in [-0.2, 0) is 10.0 Å². The lowest BCUT2D eigenvalue weighted by molar-refractivity contribution is 0.305. The fourth-order valence-electron chi connectivity index (χ4n) is 3.63. The smallest absolute Gasteiger partial charge is 0.243 e. The van der Waals surface area contributed by atoms with Crippen molar-refractivity contribution in [3.8, 4) is 11.6 Å². The van der Waals surface area contributed by atoms with Crippen LogP contribution in [0.5, 0.6) is 11.6 Å². The SMILES string of the molecule is Cc1cc(F)ccc1Oc1cc(N2CCN(S(=O)(=O)c3ccccc3)[C@H](C)C2)ncn1. The highest BCUT2D eigenvalue weighted by molar-refractivity contribution is 7.89. The third-order valence-electron chi connectivity index (χ3n) is 5.22. The van der Waals surface area contributed by atoms with Crippen LogP contribution in [0.4, 0.5) is 10.2 Å². The summed E-state index contributed by atoms with van der Waals surface area (Å²) in [5, 5.41) is 0. The number of aryl methyl sites for hydroxylation is 1. The predicted molar refractivity (Wildman–Crippen MR) is 115 cm³/mol. The molecule has 1 fully saturated rings. The monoisotopic (exact) mass is 442 g/mol. The first-order valence-electron chi connectivity index (χ1n) is 9.92. The van der Waals surface area contributed by atoms with Crippen molar-refractivity contribution in [2.45, 2.75) is 24.8 Å². The van der Waals surface area contributed by atoms with Gasteiger partial charge in [0.2, 0.25) is 15.9 Å². The first-order chi connectivity index (χ1) is 14.8. The lowest BCUT2D eigenvalue weighted by Crippen LogP contribution is -2.54. The molecule has 3 aromatic rings. The number of ether oxygens (including phenoxy) is 1. The zero-order valence-corrected chi connectivity index (χ0v) is 18.1. The second-order valence-corrected chi connectivity index (χ2v) is 9.34. The molecule has 0 bridgehead atoms. The molecule has 4 rings (SSSR count). The van der Waals surface area contributed by atoms with Gasteiger partial charge in [0.05, 0.1) is 4.90 Å². The average Bonchev–Trinajstić information content (AvgIpc) is 2.76. The van der Waals surface area contributed by atoms with E-state index in [0.717, 1.165) is 0 Å². The largest absolute Gasteiger partial charge is 0.439 e. The van der Waals surface area contributed by atoms with Gasteiger partial charge in [-0.1, -0.05) is 18.2 Å². The van der Waals surface area contributed by atoms with Crippen molar-refractivity contribution in [1.82, 2.24) is 14.3 Å². The zero-order chi connectivity index (χ0) is 22.0. The third kappa shape index (κ3) is 4.52. The summed E-state index contributed by atoms with van der Waals surface area (Å²) >= 11 is 0. The molecule has 1 aliphatic rings. The molecule has 7 nitrogen and oxygen atoms in total. The lowest BCUT2D eigenvalue weighted by Gasteiger charge is -2.39. The molecule has 2 heterocycles. The van der Waals surface area contributed by atoms with Gasteiger partial charge in [-0.15, -0.1) is 0 Å². The quantitative estimate of drug-likeness (QED) is 0.601. The molecule has 0 radical (unpaired) electrons. The Bertz CT molecular complexity index is 1170. The first kappa shape index (κ1) is 21.2. The van der Waals surface area contributed by atoms with Crippen LogP contribution in [0.1, 0.15) is 12.5 Å². The fraction of sp³-hybridized carbons (Fsp3) is 0.273. The number of piperazine rings is 1. The number of anilines is 1. The summed E-state index contributed by atoms with van der Waals surface area (Å²) in [5.74, 6) is 1.17. The summed E-state index contributed by atoms with van der Waals surface area (Å²) in [6.07, 6.45) is 1.40. The van der Waals surface area contributed by atoms with E-state index in [4.69, 9.17) is 4.74 Å². The first-order valence-corrected chi connectivity index (χ1v) is 11.4. The van der Waals surface area contributed by atoms with Crippen LogP contribution in [0.2, 0.25) is 0 Å². The van der Waals surface area contributed by atoms with E-state index < -0.39 is 10.0 Å². The molecule has 2 aromatic carbocycles. The van der Waals surface area contributed by atoms with E-state index in [0.29, 0.717) is 47.5 Å². The summed E-state index contributed by atoms with van der Waals surface area (Å²) in [7, 11) is -3.56. The van der Waals surface area contributed by atoms with Crippen LogP contribution >= 0.6 is 0 Å². The molecule has 0 aliphatic carbocycles. The van der Waals surface area contributed by atoms with Gasteiger partial charge in [0.15, 0.2) is 0 Å². The van der Waals surface area contributed by atoms with Crippen molar-refractivity contribution < 1.29 is 17.5 Å². The number of nitrogens with zero attached hydrogens (tertiary/aromatic N) is 4. The van der Waals surface area contributed by atoms with E-state index >= 15 is 0 Å². The van der Waals surface area contributed by atoms with Gasteiger partial charge >= 0.3 is 0 Å². The van der Waals surface area contributed by atoms with Gasteiger partial charge < -0.3 is 9.64 Å². The van der Waals surface area contributed by atoms with Gasteiger partial charge in [-0.3, -0.25) is 0 Å². The van der Waals surface area contributed by atoms with Gasteiger partial charge in [-0.25, -0.2) is 22.8 Å². The van der Waals surface area contributed by atoms with Crippen molar-refractivity contribution in [1.29, 1.82) is 0 Å². The van der Waals surface area contributed by atoms with Gasteiger partial charge in [0, 0.05) is 31.7 Å². The highest BCUT2D eigenvalue weighted by atomic mass is 32.2. The Morgan fingerprint density at radius 3 is 2.55 bits per heavy atom. The van der Waals surface area contributed by atoms with Crippen LogP contribution in [0, 0.1) is 12.7 Å². The molecular formula is C22H23FN4O3S. The topological polar surface area (TPSA) is 75.6 Å². The Hall–Kier alpha value is -3.04. The molecular weight excluding hydrogens is 419 g/mol. The molecule has 0 amide bonds. The fourth-order valence-corrected chi connectivity index (χ4v) is 5.27. The second-order valence-electron chi connectivity index (χ2n) is 7.45. The minimum absolute atomic E-state index is 0.238. The molecule has 1 saturated heterocycles. The van der Waals surface area contributed by atoms with Crippen LogP contribution in [0.25, 0.3) is 0 Å². The number of benzene rings is 2. The maximum absolute atomic E-state index is 13.3. The Morgan fingerprint density at radius 2 is 1.84 bits per heavy atom. The normalized spacial score (nSPS) is 17.5. The van der Waals surface area contributed by atoms with E-state index in [1.54, 1.807) is 49.4 Å². The number of hydrogen-bond donors (Lipinski definition) is 0. The molecule has 1 aliphatic heterocycles. The molecule has 162 valence electrons. The van der Waals surface area contributed by atoms with Crippen molar-refractivity contribution in [3.63, 3.8) is 0 Å². The van der Waals surface area contributed by atoms with Crippen molar-refractivity contribution in [2.75, 3.05) is 24.5 Å². The standard InChI is InChI=1S/C22H23FN4O3S/c1-16-12-18(23)8-9-20(16)30-22-13-21(24-15-25-22)26-10-11-27(17(2)14-26)31(28,29)19-6-4-3-5-7-19/h3-9,12-13,15,17H,10-11,14H2,1-2H3/t17-/m1/s1. The predicted octanol–water partition coefficient (Wildman–Crippen LogP) is 3.62. The van der Waals surface area contributed by atoms with E-state index in [-0.39, 0.29) is 11.9 Å². The minimum atomic E-state index is -3.56. The highest BCUT2D eigenvalue weighted by Crippen LogP contribution is 2.28. The number of halogens is 1. The molecule has 0 spiro atoms. The van der Waals surface area contributed by atoms with Crippen molar-refractivity contribution >= 4 is 15.8 Å². The molecule has 0 unspecified atom stereocenters. The lowest BCUT2D eigenvalue weighted by atomic mass is 10.2. The molecule has 31 heavy (non-hydrogen) atoms. The number of aromatic nitrogens is 2. The Kier molecular flexibility index (Phi) is 5.88. The molecule has 0 saturated carbocycles. The summed E-state index contributed by atoms with van der Waals surface area (Å²) in [4.78, 5) is 10.8. The summed E-state index contributed by atoms with van der Waals surface area (Å²) < 4.78 is 46.6. The maximum Gasteiger partial charge on any atom is 0.243 e. The Labute approximate surface area is 181 Å². The van der Waals surface area contributed by atoms with Crippen LogP contribution in [0.3, 0.4) is 0 Å². The number of sulfonamides is 1. The van der Waals surface area contributed by atoms with E-state index in [1.165, 1.54) is 22.8 Å². The van der Waals surface area contributed by atoms with E-state index in [1.807, 2.05) is 11.8 Å².